The van der Waals surface area contributed by atoms with Crippen molar-refractivity contribution in [2.45, 2.75) is 13.3 Å². The molecule has 0 aliphatic carbocycles. The van der Waals surface area contributed by atoms with Gasteiger partial charge < -0.3 is 10.1 Å². The molecule has 128 valence electrons. The average Bonchev–Trinajstić information content (AvgIpc) is 3.04. The normalized spacial score (nSPS) is 10.5. The van der Waals surface area contributed by atoms with Crippen molar-refractivity contribution in [3.63, 3.8) is 0 Å². The predicted octanol–water partition coefficient (Wildman–Crippen LogP) is 3.16. The SMILES string of the molecule is COc1ccc(CCNC(=O)c2cnn(-c3ccccc3)c2C)cc1. The number of carbonyl (C=O) groups excluding carboxylic acids is 1. The van der Waals surface area contributed by atoms with E-state index in [-0.39, 0.29) is 5.91 Å². The van der Waals surface area contributed by atoms with E-state index >= 15 is 0 Å². The zero-order chi connectivity index (χ0) is 17.6. The Labute approximate surface area is 147 Å². The molecular weight excluding hydrogens is 314 g/mol. The fourth-order valence-electron chi connectivity index (χ4n) is 2.67. The van der Waals surface area contributed by atoms with Crippen molar-refractivity contribution in [2.24, 2.45) is 0 Å². The van der Waals surface area contributed by atoms with E-state index in [1.54, 1.807) is 18.0 Å². The van der Waals surface area contributed by atoms with Crippen LogP contribution in [0, 0.1) is 6.92 Å². The minimum absolute atomic E-state index is 0.104. The highest BCUT2D eigenvalue weighted by atomic mass is 16.5. The van der Waals surface area contributed by atoms with Crippen LogP contribution >= 0.6 is 0 Å². The number of rotatable bonds is 6. The number of ether oxygens (including phenoxy) is 1. The number of aromatic nitrogens is 2. The number of benzene rings is 2. The molecule has 2 aromatic carbocycles. The molecule has 5 heteroatoms. The summed E-state index contributed by atoms with van der Waals surface area (Å²) in [6, 6.07) is 17.6. The number of hydrogen-bond donors (Lipinski definition) is 1. The van der Waals surface area contributed by atoms with Crippen LogP contribution in [-0.4, -0.2) is 29.3 Å². The first-order valence-corrected chi connectivity index (χ1v) is 8.20. The van der Waals surface area contributed by atoms with Crippen molar-refractivity contribution in [1.82, 2.24) is 15.1 Å². The smallest absolute Gasteiger partial charge is 0.254 e. The summed E-state index contributed by atoms with van der Waals surface area (Å²) in [6.07, 6.45) is 2.38. The molecule has 0 atom stereocenters. The molecule has 1 heterocycles. The van der Waals surface area contributed by atoms with Gasteiger partial charge in [-0.15, -0.1) is 0 Å². The van der Waals surface area contributed by atoms with Crippen molar-refractivity contribution in [1.29, 1.82) is 0 Å². The lowest BCUT2D eigenvalue weighted by Crippen LogP contribution is -2.26. The first-order valence-electron chi connectivity index (χ1n) is 8.20. The molecular formula is C20H21N3O2. The number of methoxy groups -OCH3 is 1. The second-order valence-corrected chi connectivity index (χ2v) is 5.74. The third-order valence-corrected chi connectivity index (χ3v) is 4.11. The van der Waals surface area contributed by atoms with Gasteiger partial charge in [-0.1, -0.05) is 30.3 Å². The second-order valence-electron chi connectivity index (χ2n) is 5.74. The maximum atomic E-state index is 12.4. The molecule has 0 saturated heterocycles. The number of nitrogens with one attached hydrogen (secondary N) is 1. The van der Waals surface area contributed by atoms with Gasteiger partial charge >= 0.3 is 0 Å². The molecule has 1 N–H and O–H groups in total. The van der Waals surface area contributed by atoms with Crippen molar-refractivity contribution >= 4 is 5.91 Å². The van der Waals surface area contributed by atoms with Gasteiger partial charge in [0.05, 0.1) is 30.3 Å². The van der Waals surface area contributed by atoms with Crippen LogP contribution in [0.25, 0.3) is 5.69 Å². The molecule has 1 amide bonds. The number of amides is 1. The standard InChI is InChI=1S/C20H21N3O2/c1-15-19(14-22-23(15)17-6-4-3-5-7-17)20(24)21-13-12-16-8-10-18(25-2)11-9-16/h3-11,14H,12-13H2,1-2H3,(H,21,24). The number of hydrogen-bond acceptors (Lipinski definition) is 3. The lowest BCUT2D eigenvalue weighted by Gasteiger charge is -2.07. The molecule has 0 aliphatic heterocycles. The van der Waals surface area contributed by atoms with Crippen molar-refractivity contribution in [3.8, 4) is 11.4 Å². The van der Waals surface area contributed by atoms with Gasteiger partial charge in [-0.05, 0) is 43.2 Å². The summed E-state index contributed by atoms with van der Waals surface area (Å²) in [5.74, 6) is 0.727. The highest BCUT2D eigenvalue weighted by Crippen LogP contribution is 2.14. The van der Waals surface area contributed by atoms with E-state index in [0.29, 0.717) is 12.1 Å². The second kappa shape index (κ2) is 7.66. The topological polar surface area (TPSA) is 56.1 Å². The monoisotopic (exact) mass is 335 g/mol. The Morgan fingerprint density at radius 3 is 2.52 bits per heavy atom. The van der Waals surface area contributed by atoms with Crippen LogP contribution < -0.4 is 10.1 Å². The van der Waals surface area contributed by atoms with Gasteiger partial charge in [-0.2, -0.15) is 5.10 Å². The summed E-state index contributed by atoms with van der Waals surface area (Å²) in [4.78, 5) is 12.4. The van der Waals surface area contributed by atoms with Crippen molar-refractivity contribution in [3.05, 3.63) is 77.6 Å². The molecule has 5 nitrogen and oxygen atoms in total. The summed E-state index contributed by atoms with van der Waals surface area (Å²) >= 11 is 0. The van der Waals surface area contributed by atoms with E-state index in [4.69, 9.17) is 4.74 Å². The molecule has 0 aliphatic rings. The minimum Gasteiger partial charge on any atom is -0.497 e. The first kappa shape index (κ1) is 16.8. The Hall–Kier alpha value is -3.08. The van der Waals surface area contributed by atoms with Crippen LogP contribution in [0.15, 0.2) is 60.8 Å². The summed E-state index contributed by atoms with van der Waals surface area (Å²) in [5, 5.41) is 7.29. The Kier molecular flexibility index (Phi) is 5.14. The molecule has 0 fully saturated rings. The lowest BCUT2D eigenvalue weighted by molar-refractivity contribution is 0.0953. The highest BCUT2D eigenvalue weighted by molar-refractivity contribution is 5.95. The molecule has 0 spiro atoms. The third-order valence-electron chi connectivity index (χ3n) is 4.11. The number of nitrogens with zero attached hydrogens (tertiary/aromatic N) is 2. The summed E-state index contributed by atoms with van der Waals surface area (Å²) < 4.78 is 6.92. The third kappa shape index (κ3) is 3.88. The van der Waals surface area contributed by atoms with Gasteiger partial charge in [0.1, 0.15) is 5.75 Å². The molecule has 0 saturated carbocycles. The van der Waals surface area contributed by atoms with E-state index < -0.39 is 0 Å². The molecule has 3 aromatic rings. The van der Waals surface area contributed by atoms with E-state index in [9.17, 15) is 4.79 Å². The zero-order valence-electron chi connectivity index (χ0n) is 14.4. The largest absolute Gasteiger partial charge is 0.497 e. The first-order chi connectivity index (χ1) is 12.2. The van der Waals surface area contributed by atoms with Crippen LogP contribution in [0.2, 0.25) is 0 Å². The Morgan fingerprint density at radius 2 is 1.84 bits per heavy atom. The van der Waals surface area contributed by atoms with Gasteiger partial charge in [0.25, 0.3) is 5.91 Å². The Bertz CT molecular complexity index is 839. The summed E-state index contributed by atoms with van der Waals surface area (Å²) in [5.41, 5.74) is 3.52. The molecule has 0 radical (unpaired) electrons. The Morgan fingerprint density at radius 1 is 1.12 bits per heavy atom. The minimum atomic E-state index is -0.104. The van der Waals surface area contributed by atoms with Crippen molar-refractivity contribution in [2.75, 3.05) is 13.7 Å². The summed E-state index contributed by atoms with van der Waals surface area (Å²) in [7, 11) is 1.65. The van der Waals surface area contributed by atoms with Crippen LogP contribution in [0.4, 0.5) is 0 Å². The molecule has 0 unspecified atom stereocenters. The van der Waals surface area contributed by atoms with E-state index in [0.717, 1.165) is 29.1 Å². The lowest BCUT2D eigenvalue weighted by atomic mass is 10.1. The van der Waals surface area contributed by atoms with E-state index in [2.05, 4.69) is 10.4 Å². The maximum Gasteiger partial charge on any atom is 0.254 e. The van der Waals surface area contributed by atoms with Crippen LogP contribution in [-0.2, 0) is 6.42 Å². The van der Waals surface area contributed by atoms with Gasteiger partial charge in [-0.25, -0.2) is 4.68 Å². The van der Waals surface area contributed by atoms with Crippen LogP contribution in [0.3, 0.4) is 0 Å². The molecule has 3 rings (SSSR count). The molecule has 1 aromatic heterocycles. The van der Waals surface area contributed by atoms with Gasteiger partial charge in [-0.3, -0.25) is 4.79 Å². The highest BCUT2D eigenvalue weighted by Gasteiger charge is 2.14. The van der Waals surface area contributed by atoms with Gasteiger partial charge in [0, 0.05) is 6.54 Å². The quantitative estimate of drug-likeness (QED) is 0.753. The Balaban J connectivity index is 1.61. The maximum absolute atomic E-state index is 12.4. The fourth-order valence-corrected chi connectivity index (χ4v) is 2.67. The van der Waals surface area contributed by atoms with Gasteiger partial charge in [0.15, 0.2) is 0 Å². The van der Waals surface area contributed by atoms with E-state index in [1.807, 2.05) is 61.5 Å². The van der Waals surface area contributed by atoms with Crippen LogP contribution in [0.1, 0.15) is 21.6 Å². The van der Waals surface area contributed by atoms with Gasteiger partial charge in [0.2, 0.25) is 0 Å². The van der Waals surface area contributed by atoms with E-state index in [1.165, 1.54) is 0 Å². The van der Waals surface area contributed by atoms with Crippen LogP contribution in [0.5, 0.6) is 5.75 Å². The number of carbonyl (C=O) groups is 1. The number of para-hydroxylation sites is 1. The molecule has 25 heavy (non-hydrogen) atoms. The zero-order valence-corrected chi connectivity index (χ0v) is 14.4. The average molecular weight is 335 g/mol. The van der Waals surface area contributed by atoms with Crippen molar-refractivity contribution < 1.29 is 9.53 Å². The fraction of sp³-hybridized carbons (Fsp3) is 0.200. The summed E-state index contributed by atoms with van der Waals surface area (Å²) in [6.45, 7) is 2.47. The molecule has 0 bridgehead atoms. The predicted molar refractivity (Wildman–Crippen MR) is 97.3 cm³/mol.